The summed E-state index contributed by atoms with van der Waals surface area (Å²) >= 11 is 1.60. The molecule has 0 aliphatic rings. The Kier molecular flexibility index (Phi) is 5.22. The molecule has 0 unspecified atom stereocenters. The van der Waals surface area contributed by atoms with Gasteiger partial charge in [0.1, 0.15) is 11.0 Å². The lowest BCUT2D eigenvalue weighted by Crippen LogP contribution is -2.19. The number of hydrogen-bond acceptors (Lipinski definition) is 6. The van der Waals surface area contributed by atoms with E-state index in [0.29, 0.717) is 17.3 Å². The molecule has 2 amide bonds. The Morgan fingerprint density at radius 1 is 0.969 bits per heavy atom. The zero-order valence-electron chi connectivity index (χ0n) is 17.1. The molecule has 0 fully saturated rings. The van der Waals surface area contributed by atoms with Crippen molar-refractivity contribution in [1.29, 1.82) is 0 Å². The van der Waals surface area contributed by atoms with Crippen molar-refractivity contribution in [3.8, 4) is 11.4 Å². The Bertz CT molecular complexity index is 1380. The van der Waals surface area contributed by atoms with Crippen LogP contribution in [-0.2, 0) is 0 Å². The number of hydrogen-bond donors (Lipinski definition) is 4. The number of thiophene rings is 1. The predicted molar refractivity (Wildman–Crippen MR) is 129 cm³/mol. The van der Waals surface area contributed by atoms with E-state index in [4.69, 9.17) is 0 Å². The molecule has 3 heterocycles. The van der Waals surface area contributed by atoms with Crippen molar-refractivity contribution in [1.82, 2.24) is 20.2 Å². The number of benzene rings is 2. The third kappa shape index (κ3) is 4.28. The van der Waals surface area contributed by atoms with E-state index in [0.717, 1.165) is 33.5 Å². The van der Waals surface area contributed by atoms with Gasteiger partial charge in [-0.05, 0) is 60.3 Å². The van der Waals surface area contributed by atoms with E-state index in [1.54, 1.807) is 17.5 Å². The zero-order valence-corrected chi connectivity index (χ0v) is 17.9. The molecular formula is C23H19N7OS. The molecule has 5 aromatic rings. The minimum Gasteiger partial charge on any atom is -0.338 e. The van der Waals surface area contributed by atoms with Gasteiger partial charge >= 0.3 is 6.03 Å². The number of aromatic nitrogens is 4. The Hall–Kier alpha value is -4.24. The van der Waals surface area contributed by atoms with Gasteiger partial charge in [0, 0.05) is 28.0 Å². The molecule has 158 valence electrons. The van der Waals surface area contributed by atoms with E-state index in [1.807, 2.05) is 72.3 Å². The summed E-state index contributed by atoms with van der Waals surface area (Å²) < 4.78 is 0. The van der Waals surface area contributed by atoms with E-state index < -0.39 is 0 Å². The summed E-state index contributed by atoms with van der Waals surface area (Å²) in [4.78, 5) is 21.5. The van der Waals surface area contributed by atoms with Crippen molar-refractivity contribution in [2.45, 2.75) is 6.92 Å². The molecule has 0 bridgehead atoms. The number of amides is 2. The molecule has 5 rings (SSSR count). The molecule has 3 aromatic heterocycles. The van der Waals surface area contributed by atoms with Crippen LogP contribution in [0.25, 0.3) is 22.4 Å². The summed E-state index contributed by atoms with van der Waals surface area (Å²) in [6.45, 7) is 1.98. The number of nitrogens with one attached hydrogen (secondary N) is 4. The van der Waals surface area contributed by atoms with Gasteiger partial charge < -0.3 is 16.0 Å². The number of rotatable bonds is 5. The highest BCUT2D eigenvalue weighted by atomic mass is 32.1. The van der Waals surface area contributed by atoms with Gasteiger partial charge in [-0.1, -0.05) is 12.1 Å². The number of urea groups is 1. The number of aryl methyl sites for hydroxylation is 1. The number of aromatic amines is 1. The normalized spacial score (nSPS) is 10.8. The lowest BCUT2D eigenvalue weighted by molar-refractivity contribution is 0.262. The molecule has 0 atom stereocenters. The van der Waals surface area contributed by atoms with Gasteiger partial charge in [0.15, 0.2) is 11.6 Å². The van der Waals surface area contributed by atoms with E-state index in [9.17, 15) is 4.79 Å². The lowest BCUT2D eigenvalue weighted by Gasteiger charge is -2.11. The lowest BCUT2D eigenvalue weighted by atomic mass is 10.2. The second kappa shape index (κ2) is 8.48. The van der Waals surface area contributed by atoms with Gasteiger partial charge in [-0.15, -0.1) is 0 Å². The van der Waals surface area contributed by atoms with Gasteiger partial charge in [-0.25, -0.2) is 14.8 Å². The molecular weight excluding hydrogens is 422 g/mol. The third-order valence-corrected chi connectivity index (χ3v) is 5.44. The maximum Gasteiger partial charge on any atom is 0.323 e. The van der Waals surface area contributed by atoms with Crippen LogP contribution >= 0.6 is 11.3 Å². The van der Waals surface area contributed by atoms with E-state index in [2.05, 4.69) is 36.1 Å². The number of anilines is 4. The molecule has 0 saturated heterocycles. The maximum absolute atomic E-state index is 12.3. The molecule has 32 heavy (non-hydrogen) atoms. The fraction of sp³-hybridized carbons (Fsp3) is 0.0435. The average Bonchev–Trinajstić information content (AvgIpc) is 3.47. The van der Waals surface area contributed by atoms with Crippen LogP contribution in [0.2, 0.25) is 0 Å². The second-order valence-corrected chi connectivity index (χ2v) is 7.97. The van der Waals surface area contributed by atoms with Gasteiger partial charge in [-0.3, -0.25) is 5.10 Å². The van der Waals surface area contributed by atoms with Gasteiger partial charge in [0.2, 0.25) is 0 Å². The Morgan fingerprint density at radius 2 is 1.78 bits per heavy atom. The van der Waals surface area contributed by atoms with E-state index in [-0.39, 0.29) is 6.03 Å². The SMILES string of the molecule is Cc1cccc(NC(=O)Nc2ccc(Nc3nc(-c4ccsc4)nc4cn[nH]c34)cc2)c1. The zero-order chi connectivity index (χ0) is 21.9. The van der Waals surface area contributed by atoms with Crippen molar-refractivity contribution < 1.29 is 4.79 Å². The van der Waals surface area contributed by atoms with Crippen molar-refractivity contribution in [3.05, 3.63) is 77.1 Å². The van der Waals surface area contributed by atoms with Crippen LogP contribution in [0.5, 0.6) is 0 Å². The van der Waals surface area contributed by atoms with Gasteiger partial charge in [0.25, 0.3) is 0 Å². The minimum atomic E-state index is -0.299. The van der Waals surface area contributed by atoms with Crippen molar-refractivity contribution in [3.63, 3.8) is 0 Å². The molecule has 0 radical (unpaired) electrons. The fourth-order valence-corrected chi connectivity index (χ4v) is 3.88. The van der Waals surface area contributed by atoms with E-state index >= 15 is 0 Å². The van der Waals surface area contributed by atoms with E-state index in [1.165, 1.54) is 0 Å². The van der Waals surface area contributed by atoms with Crippen LogP contribution in [0.15, 0.2) is 71.6 Å². The Balaban J connectivity index is 1.31. The quantitative estimate of drug-likeness (QED) is 0.277. The van der Waals surface area contributed by atoms with Crippen LogP contribution in [0.1, 0.15) is 5.56 Å². The largest absolute Gasteiger partial charge is 0.338 e. The first-order valence-electron chi connectivity index (χ1n) is 9.89. The predicted octanol–water partition coefficient (Wildman–Crippen LogP) is 5.78. The molecule has 9 heteroatoms. The van der Waals surface area contributed by atoms with Crippen molar-refractivity contribution in [2.24, 2.45) is 0 Å². The minimum absolute atomic E-state index is 0.299. The maximum atomic E-state index is 12.3. The topological polar surface area (TPSA) is 108 Å². The first-order chi connectivity index (χ1) is 15.6. The summed E-state index contributed by atoms with van der Waals surface area (Å²) in [7, 11) is 0. The Morgan fingerprint density at radius 3 is 2.56 bits per heavy atom. The number of nitrogens with zero attached hydrogens (tertiary/aromatic N) is 3. The molecule has 0 saturated carbocycles. The summed E-state index contributed by atoms with van der Waals surface area (Å²) in [6.07, 6.45) is 1.68. The monoisotopic (exact) mass is 441 g/mol. The second-order valence-electron chi connectivity index (χ2n) is 7.19. The van der Waals surface area contributed by atoms with Gasteiger partial charge in [-0.2, -0.15) is 16.4 Å². The van der Waals surface area contributed by atoms with Crippen molar-refractivity contribution in [2.75, 3.05) is 16.0 Å². The number of carbonyl (C=O) groups is 1. The molecule has 2 aromatic carbocycles. The molecule has 0 spiro atoms. The highest BCUT2D eigenvalue weighted by Crippen LogP contribution is 2.27. The number of carbonyl (C=O) groups excluding carboxylic acids is 1. The fourth-order valence-electron chi connectivity index (χ4n) is 3.24. The molecule has 8 nitrogen and oxygen atoms in total. The smallest absolute Gasteiger partial charge is 0.323 e. The third-order valence-electron chi connectivity index (χ3n) is 4.76. The summed E-state index contributed by atoms with van der Waals surface area (Å²) in [5.74, 6) is 1.26. The molecule has 0 aliphatic carbocycles. The van der Waals surface area contributed by atoms with Crippen LogP contribution in [0.3, 0.4) is 0 Å². The van der Waals surface area contributed by atoms with Crippen molar-refractivity contribution >= 4 is 51.3 Å². The highest BCUT2D eigenvalue weighted by molar-refractivity contribution is 7.08. The Labute approximate surface area is 187 Å². The summed E-state index contributed by atoms with van der Waals surface area (Å²) in [6, 6.07) is 16.7. The highest BCUT2D eigenvalue weighted by Gasteiger charge is 2.12. The number of fused-ring (bicyclic) bond motifs is 1. The van der Waals surface area contributed by atoms with Crippen LogP contribution in [0.4, 0.5) is 27.7 Å². The van der Waals surface area contributed by atoms with Crippen LogP contribution in [-0.4, -0.2) is 26.2 Å². The molecule has 0 aliphatic heterocycles. The number of H-pyrrole nitrogens is 1. The standard InChI is InChI=1S/C23H19N7OS/c1-14-3-2-4-18(11-14)27-23(31)26-17-7-5-16(6-8-17)25-22-20-19(12-24-30-20)28-21(29-22)15-9-10-32-13-15/h2-13H,1H3,(H,24,30)(H,25,28,29)(H2,26,27,31). The first kappa shape index (κ1) is 19.7. The van der Waals surface area contributed by atoms with Crippen LogP contribution in [0, 0.1) is 6.92 Å². The average molecular weight is 442 g/mol. The van der Waals surface area contributed by atoms with Crippen LogP contribution < -0.4 is 16.0 Å². The first-order valence-corrected chi connectivity index (χ1v) is 10.8. The summed E-state index contributed by atoms with van der Waals surface area (Å²) in [5, 5.41) is 20.0. The summed E-state index contributed by atoms with van der Waals surface area (Å²) in [5.41, 5.74) is 5.74. The molecule has 4 N–H and O–H groups in total. The van der Waals surface area contributed by atoms with Gasteiger partial charge in [0.05, 0.1) is 6.20 Å².